The van der Waals surface area contributed by atoms with Crippen molar-refractivity contribution in [1.29, 1.82) is 0 Å². The van der Waals surface area contributed by atoms with Crippen LogP contribution in [0.2, 0.25) is 5.02 Å². The number of nitrogens with zero attached hydrogens (tertiary/aromatic N) is 2. The van der Waals surface area contributed by atoms with Gasteiger partial charge in [0, 0.05) is 35.8 Å². The molecule has 11 heteroatoms. The molecule has 2 aromatic rings. The Labute approximate surface area is 260 Å². The summed E-state index contributed by atoms with van der Waals surface area (Å²) in [6.07, 6.45) is 5.07. The Hall–Kier alpha value is -2.49. The largest absolute Gasteiger partial charge is 1.00 e. The molecule has 8 nitrogen and oxygen atoms in total. The summed E-state index contributed by atoms with van der Waals surface area (Å²) in [5, 5.41) is 10.8. The zero-order chi connectivity index (χ0) is 27.2. The van der Waals surface area contributed by atoms with Gasteiger partial charge in [-0.25, -0.2) is 0 Å². The Morgan fingerprint density at radius 1 is 1.13 bits per heavy atom. The molecule has 2 aliphatic rings. The van der Waals surface area contributed by atoms with E-state index in [0.29, 0.717) is 54.2 Å². The van der Waals surface area contributed by atoms with Crippen molar-refractivity contribution < 1.29 is 43.9 Å². The second kappa shape index (κ2) is 14.2. The van der Waals surface area contributed by atoms with E-state index in [9.17, 15) is 14.4 Å². The van der Waals surface area contributed by atoms with Crippen molar-refractivity contribution >= 4 is 57.9 Å². The summed E-state index contributed by atoms with van der Waals surface area (Å²) in [4.78, 5) is 41.0. The van der Waals surface area contributed by atoms with Gasteiger partial charge in [0.25, 0.3) is 0 Å². The maximum atomic E-state index is 13.4. The number of anilines is 1. The number of hydrogen-bond acceptors (Lipinski definition) is 4. The van der Waals surface area contributed by atoms with E-state index in [-0.39, 0.29) is 64.9 Å². The second-order valence-corrected chi connectivity index (χ2v) is 10.3. The van der Waals surface area contributed by atoms with Crippen molar-refractivity contribution in [2.24, 2.45) is 11.7 Å². The molecule has 0 radical (unpaired) electrons. The van der Waals surface area contributed by atoms with E-state index >= 15 is 0 Å². The standard InChI is InChI=1S/C28H31Cl2N5O3.Na/c1-17-5-4-8-24(28(38)33-15-19-6-2-3-7-22(19)34-27(17)37)35-12-11-18(13-26(35)36)21-14-20(29)9-10-23(21)32-16-25(30)31;/h2-3,6-7,9-10,13-14,16-17,24H,4-5,8,11-12,15,31H2,1H3,(H3,32,33,34,36,37,38);/q;+1/p-1/b25-16-;. The van der Waals surface area contributed by atoms with Gasteiger partial charge in [0.15, 0.2) is 0 Å². The maximum absolute atomic E-state index is 13.4. The Bertz CT molecular complexity index is 1300. The van der Waals surface area contributed by atoms with E-state index in [1.165, 1.54) is 12.3 Å². The molecule has 2 aromatic carbocycles. The van der Waals surface area contributed by atoms with Gasteiger partial charge in [-0.15, -0.1) is 11.9 Å². The van der Waals surface area contributed by atoms with Crippen molar-refractivity contribution in [1.82, 2.24) is 10.2 Å². The van der Waals surface area contributed by atoms with Crippen LogP contribution in [0, 0.1) is 5.92 Å². The van der Waals surface area contributed by atoms with Crippen molar-refractivity contribution in [2.75, 3.05) is 11.9 Å². The number of fused-ring (bicyclic) bond motifs is 1. The van der Waals surface area contributed by atoms with Crippen molar-refractivity contribution in [3.05, 3.63) is 81.4 Å². The van der Waals surface area contributed by atoms with Crippen LogP contribution in [0.1, 0.15) is 43.7 Å². The van der Waals surface area contributed by atoms with Crippen LogP contribution >= 0.6 is 23.2 Å². The molecule has 2 atom stereocenters. The Morgan fingerprint density at radius 3 is 2.64 bits per heavy atom. The van der Waals surface area contributed by atoms with Gasteiger partial charge in [-0.2, -0.15) is 0 Å². The maximum Gasteiger partial charge on any atom is 1.00 e. The van der Waals surface area contributed by atoms with Crippen molar-refractivity contribution in [2.45, 2.75) is 45.2 Å². The molecule has 0 fully saturated rings. The number of nitrogens with two attached hydrogens (primary N) is 1. The Kier molecular flexibility index (Phi) is 11.3. The van der Waals surface area contributed by atoms with Crippen LogP contribution in [0.25, 0.3) is 10.9 Å². The minimum atomic E-state index is -0.648. The molecule has 0 bridgehead atoms. The fourth-order valence-corrected chi connectivity index (χ4v) is 4.94. The van der Waals surface area contributed by atoms with Gasteiger partial charge in [0.05, 0.1) is 5.16 Å². The molecule has 0 aliphatic carbocycles. The molecule has 39 heavy (non-hydrogen) atoms. The van der Waals surface area contributed by atoms with Gasteiger partial charge in [0.1, 0.15) is 6.04 Å². The minimum Gasteiger partial charge on any atom is -0.661 e. The Morgan fingerprint density at radius 2 is 1.90 bits per heavy atom. The number of benzene rings is 2. The molecule has 2 heterocycles. The first kappa shape index (κ1) is 31.0. The smallest absolute Gasteiger partial charge is 0.661 e. The van der Waals surface area contributed by atoms with Crippen LogP contribution in [0.15, 0.2) is 59.9 Å². The van der Waals surface area contributed by atoms with Crippen molar-refractivity contribution in [3.63, 3.8) is 0 Å². The van der Waals surface area contributed by atoms with Crippen LogP contribution in [-0.2, 0) is 20.9 Å². The molecular weight excluding hydrogens is 548 g/mol. The zero-order valence-electron chi connectivity index (χ0n) is 22.0. The summed E-state index contributed by atoms with van der Waals surface area (Å²) in [6, 6.07) is 11.9. The third-order valence-electron chi connectivity index (χ3n) is 6.80. The summed E-state index contributed by atoms with van der Waals surface area (Å²) in [6.45, 7) is 2.48. The molecule has 3 amide bonds. The first-order chi connectivity index (χ1) is 18.2. The van der Waals surface area contributed by atoms with Crippen LogP contribution < -0.4 is 45.9 Å². The van der Waals surface area contributed by atoms with Gasteiger partial charge in [-0.3, -0.25) is 14.4 Å². The summed E-state index contributed by atoms with van der Waals surface area (Å²) < 4.78 is 0. The average Bonchev–Trinajstić information content (AvgIpc) is 2.89. The summed E-state index contributed by atoms with van der Waals surface area (Å²) in [7, 11) is 0. The number of hydrogen-bond donors (Lipinski definition) is 3. The van der Waals surface area contributed by atoms with Crippen molar-refractivity contribution in [3.8, 4) is 0 Å². The topological polar surface area (TPSA) is 119 Å². The summed E-state index contributed by atoms with van der Waals surface area (Å²) in [5.74, 6) is -0.763. The number of nitrogens with one attached hydrogen (secondary N) is 2. The summed E-state index contributed by atoms with van der Waals surface area (Å²) in [5.41, 5.74) is 9.05. The number of amides is 3. The predicted molar refractivity (Wildman–Crippen MR) is 151 cm³/mol. The first-order valence-electron chi connectivity index (χ1n) is 12.5. The molecule has 0 spiro atoms. The number of para-hydroxylation sites is 1. The number of carbonyl (C=O) groups excluding carboxylic acids is 3. The second-order valence-electron chi connectivity index (χ2n) is 9.47. The van der Waals surface area contributed by atoms with Gasteiger partial charge >= 0.3 is 29.6 Å². The molecule has 0 aromatic heterocycles. The van der Waals surface area contributed by atoms with E-state index in [0.717, 1.165) is 11.1 Å². The molecule has 0 saturated heterocycles. The normalized spacial score (nSPS) is 20.8. The van der Waals surface area contributed by atoms with E-state index in [1.807, 2.05) is 31.2 Å². The van der Waals surface area contributed by atoms with Gasteiger partial charge in [0.2, 0.25) is 17.7 Å². The van der Waals surface area contributed by atoms with Crippen LogP contribution in [-0.4, -0.2) is 35.2 Å². The number of carbonyl (C=O) groups is 3. The SMILES string of the molecule is CC1CCCC(N2CCC(c3cc(Cl)ccc3[N-]/C=C(\N)Cl)=CC2=O)C(=O)NCc2ccccc2NC1=O.[Na+]. The van der Waals surface area contributed by atoms with Crippen LogP contribution in [0.4, 0.5) is 11.4 Å². The van der Waals surface area contributed by atoms with Gasteiger partial charge in [-0.1, -0.05) is 60.8 Å². The predicted octanol–water partition coefficient (Wildman–Crippen LogP) is 2.40. The molecule has 2 aliphatic heterocycles. The van der Waals surface area contributed by atoms with E-state index < -0.39 is 6.04 Å². The molecule has 0 saturated carbocycles. The third kappa shape index (κ3) is 8.02. The van der Waals surface area contributed by atoms with Gasteiger partial charge < -0.3 is 26.6 Å². The number of halogens is 2. The monoisotopic (exact) mass is 577 g/mol. The fourth-order valence-electron chi connectivity index (χ4n) is 4.72. The molecule has 200 valence electrons. The molecule has 4 N–H and O–H groups in total. The quantitative estimate of drug-likeness (QED) is 0.382. The third-order valence-corrected chi connectivity index (χ3v) is 7.14. The molecule has 4 rings (SSSR count). The number of rotatable bonds is 4. The molecular formula is C28H30Cl2N5NaO3. The summed E-state index contributed by atoms with van der Waals surface area (Å²) >= 11 is 12.0. The minimum absolute atomic E-state index is 0. The van der Waals surface area contributed by atoms with Gasteiger partial charge in [-0.05, 0) is 54.2 Å². The van der Waals surface area contributed by atoms with Crippen LogP contribution in [0.3, 0.4) is 0 Å². The van der Waals surface area contributed by atoms with Crippen LogP contribution in [0.5, 0.6) is 0 Å². The molecule has 2 unspecified atom stereocenters. The van der Waals surface area contributed by atoms with E-state index in [1.54, 1.807) is 23.1 Å². The average molecular weight is 578 g/mol. The van der Waals surface area contributed by atoms with E-state index in [4.69, 9.17) is 28.9 Å². The zero-order valence-corrected chi connectivity index (χ0v) is 25.6. The first-order valence-corrected chi connectivity index (χ1v) is 13.3. The van der Waals surface area contributed by atoms with E-state index in [2.05, 4.69) is 16.0 Å². The Balaban J connectivity index is 0.00000420. The fraction of sp³-hybridized carbons (Fsp3) is 0.321.